The van der Waals surface area contributed by atoms with Crippen molar-refractivity contribution < 1.29 is 9.21 Å². The number of amides is 1. The van der Waals surface area contributed by atoms with Gasteiger partial charge in [-0.1, -0.05) is 36.4 Å². The lowest BCUT2D eigenvalue weighted by molar-refractivity contribution is 0.0925. The Labute approximate surface area is 173 Å². The van der Waals surface area contributed by atoms with Gasteiger partial charge in [0.2, 0.25) is 0 Å². The normalized spacial score (nSPS) is 15.8. The van der Waals surface area contributed by atoms with Crippen LogP contribution < -0.4 is 5.32 Å². The Balaban J connectivity index is 1.32. The summed E-state index contributed by atoms with van der Waals surface area (Å²) in [5.41, 5.74) is 3.08. The summed E-state index contributed by atoms with van der Waals surface area (Å²) in [6.07, 6.45) is 0. The topological polar surface area (TPSA) is 48.7 Å². The largest absolute Gasteiger partial charge is 0.450 e. The molecule has 5 nitrogen and oxygen atoms in total. The minimum Gasteiger partial charge on any atom is -0.450 e. The fourth-order valence-corrected chi connectivity index (χ4v) is 3.90. The number of nitrogens with zero attached hydrogens (tertiary/aromatic N) is 2. The molecule has 0 aliphatic carbocycles. The Morgan fingerprint density at radius 1 is 1.07 bits per heavy atom. The molecule has 1 N–H and O–H groups in total. The van der Waals surface area contributed by atoms with E-state index in [0.717, 1.165) is 48.1 Å². The van der Waals surface area contributed by atoms with Crippen LogP contribution in [0.4, 0.5) is 0 Å². The summed E-state index contributed by atoms with van der Waals surface area (Å²) in [5.74, 6) is 0.123. The molecule has 0 bridgehead atoms. The van der Waals surface area contributed by atoms with Crippen LogP contribution in [0.1, 0.15) is 21.7 Å². The molecule has 0 unspecified atom stereocenters. The van der Waals surface area contributed by atoms with Crippen LogP contribution in [0, 0.1) is 0 Å². The van der Waals surface area contributed by atoms with Crippen molar-refractivity contribution in [2.75, 3.05) is 33.2 Å². The standard InChI is InChI=1S/C22H24BrN3O2/c1-25-9-11-26(12-10-25)15-17-7-5-16(6-8-17)14-24-22(27)20-13-18-3-2-4-19(23)21(18)28-20/h2-8,13H,9-12,14-15H2,1H3,(H,24,27). The van der Waals surface area contributed by atoms with Crippen molar-refractivity contribution in [2.24, 2.45) is 0 Å². The van der Waals surface area contributed by atoms with Gasteiger partial charge in [-0.15, -0.1) is 0 Å². The maximum absolute atomic E-state index is 12.4. The number of nitrogens with one attached hydrogen (secondary N) is 1. The summed E-state index contributed by atoms with van der Waals surface area (Å²) in [4.78, 5) is 17.3. The van der Waals surface area contributed by atoms with E-state index in [1.54, 1.807) is 6.07 Å². The minimum absolute atomic E-state index is 0.204. The van der Waals surface area contributed by atoms with Crippen molar-refractivity contribution in [3.63, 3.8) is 0 Å². The molecule has 0 radical (unpaired) electrons. The average Bonchev–Trinajstić information content (AvgIpc) is 3.15. The maximum atomic E-state index is 12.4. The van der Waals surface area contributed by atoms with E-state index in [0.29, 0.717) is 17.9 Å². The third-order valence-corrected chi connectivity index (χ3v) is 5.82. The van der Waals surface area contributed by atoms with Crippen LogP contribution in [-0.2, 0) is 13.1 Å². The molecule has 1 aromatic heterocycles. The lowest BCUT2D eigenvalue weighted by Gasteiger charge is -2.32. The van der Waals surface area contributed by atoms with Gasteiger partial charge in [0, 0.05) is 44.7 Å². The van der Waals surface area contributed by atoms with Gasteiger partial charge < -0.3 is 14.6 Å². The van der Waals surface area contributed by atoms with Crippen LogP contribution >= 0.6 is 15.9 Å². The third-order valence-electron chi connectivity index (χ3n) is 5.20. The van der Waals surface area contributed by atoms with Crippen LogP contribution in [0.2, 0.25) is 0 Å². The number of rotatable bonds is 5. The highest BCUT2D eigenvalue weighted by Gasteiger charge is 2.15. The van der Waals surface area contributed by atoms with E-state index < -0.39 is 0 Å². The number of hydrogen-bond acceptors (Lipinski definition) is 4. The number of carbonyl (C=O) groups excluding carboxylic acids is 1. The fourth-order valence-electron chi connectivity index (χ4n) is 3.44. The van der Waals surface area contributed by atoms with Gasteiger partial charge in [-0.05, 0) is 46.2 Å². The van der Waals surface area contributed by atoms with E-state index in [1.807, 2.05) is 18.2 Å². The van der Waals surface area contributed by atoms with Gasteiger partial charge in [0.15, 0.2) is 5.76 Å². The molecular formula is C22H24BrN3O2. The number of likely N-dealkylation sites (N-methyl/N-ethyl adjacent to an activating group) is 1. The molecule has 0 saturated carbocycles. The van der Waals surface area contributed by atoms with Gasteiger partial charge >= 0.3 is 0 Å². The zero-order valence-electron chi connectivity index (χ0n) is 16.0. The summed E-state index contributed by atoms with van der Waals surface area (Å²) < 4.78 is 6.54. The lowest BCUT2D eigenvalue weighted by atomic mass is 10.1. The molecule has 2 aromatic carbocycles. The Bertz CT molecular complexity index is 960. The molecule has 4 rings (SSSR count). The zero-order chi connectivity index (χ0) is 19.5. The smallest absolute Gasteiger partial charge is 0.287 e. The van der Waals surface area contributed by atoms with E-state index in [1.165, 1.54) is 5.56 Å². The second kappa shape index (κ2) is 8.47. The monoisotopic (exact) mass is 441 g/mol. The molecule has 1 aliphatic heterocycles. The summed E-state index contributed by atoms with van der Waals surface area (Å²) in [5, 5.41) is 3.85. The molecule has 6 heteroatoms. The predicted molar refractivity (Wildman–Crippen MR) is 114 cm³/mol. The van der Waals surface area contributed by atoms with Crippen molar-refractivity contribution in [3.8, 4) is 0 Å². The molecule has 1 fully saturated rings. The SMILES string of the molecule is CN1CCN(Cc2ccc(CNC(=O)c3cc4cccc(Br)c4o3)cc2)CC1. The van der Waals surface area contributed by atoms with Crippen LogP contribution in [0.5, 0.6) is 0 Å². The first-order chi connectivity index (χ1) is 13.6. The van der Waals surface area contributed by atoms with Crippen LogP contribution in [0.25, 0.3) is 11.0 Å². The van der Waals surface area contributed by atoms with Gasteiger partial charge in [0.25, 0.3) is 5.91 Å². The number of halogens is 1. The summed E-state index contributed by atoms with van der Waals surface area (Å²) in [6, 6.07) is 16.0. The molecule has 1 aliphatic rings. The van der Waals surface area contributed by atoms with Gasteiger partial charge in [0.1, 0.15) is 5.58 Å². The number of piperazine rings is 1. The highest BCUT2D eigenvalue weighted by atomic mass is 79.9. The molecule has 146 valence electrons. The number of hydrogen-bond donors (Lipinski definition) is 1. The van der Waals surface area contributed by atoms with Crippen LogP contribution in [0.15, 0.2) is 57.4 Å². The first-order valence-electron chi connectivity index (χ1n) is 9.53. The first-order valence-corrected chi connectivity index (χ1v) is 10.3. The predicted octanol–water partition coefficient (Wildman–Crippen LogP) is 3.87. The van der Waals surface area contributed by atoms with Gasteiger partial charge in [-0.2, -0.15) is 0 Å². The zero-order valence-corrected chi connectivity index (χ0v) is 17.5. The third kappa shape index (κ3) is 4.46. The number of carbonyl (C=O) groups is 1. The quantitative estimate of drug-likeness (QED) is 0.652. The Morgan fingerprint density at radius 2 is 1.79 bits per heavy atom. The summed E-state index contributed by atoms with van der Waals surface area (Å²) >= 11 is 3.45. The molecule has 28 heavy (non-hydrogen) atoms. The Morgan fingerprint density at radius 3 is 2.50 bits per heavy atom. The number of furan rings is 1. The van der Waals surface area contributed by atoms with Crippen molar-refractivity contribution in [1.29, 1.82) is 0 Å². The highest BCUT2D eigenvalue weighted by molar-refractivity contribution is 9.10. The van der Waals surface area contributed by atoms with Crippen molar-refractivity contribution in [1.82, 2.24) is 15.1 Å². The Kier molecular flexibility index (Phi) is 5.80. The summed E-state index contributed by atoms with van der Waals surface area (Å²) in [7, 11) is 2.17. The number of para-hydroxylation sites is 1. The van der Waals surface area contributed by atoms with E-state index in [2.05, 4.69) is 62.4 Å². The van der Waals surface area contributed by atoms with Crippen molar-refractivity contribution in [3.05, 3.63) is 69.9 Å². The van der Waals surface area contributed by atoms with Gasteiger partial charge in [-0.3, -0.25) is 9.69 Å². The Hall–Kier alpha value is -2.15. The number of benzene rings is 2. The lowest BCUT2D eigenvalue weighted by Crippen LogP contribution is -2.43. The molecule has 1 amide bonds. The maximum Gasteiger partial charge on any atom is 0.287 e. The first kappa shape index (κ1) is 19.2. The second-order valence-corrected chi connectivity index (χ2v) is 8.20. The molecule has 0 atom stereocenters. The number of fused-ring (bicyclic) bond motifs is 1. The van der Waals surface area contributed by atoms with Gasteiger partial charge in [-0.25, -0.2) is 0 Å². The van der Waals surface area contributed by atoms with Crippen molar-refractivity contribution in [2.45, 2.75) is 13.1 Å². The van der Waals surface area contributed by atoms with E-state index in [4.69, 9.17) is 4.42 Å². The van der Waals surface area contributed by atoms with Crippen LogP contribution in [0.3, 0.4) is 0 Å². The van der Waals surface area contributed by atoms with Gasteiger partial charge in [0.05, 0.1) is 4.47 Å². The summed E-state index contributed by atoms with van der Waals surface area (Å²) in [6.45, 7) is 5.94. The average molecular weight is 442 g/mol. The molecule has 3 aromatic rings. The highest BCUT2D eigenvalue weighted by Crippen LogP contribution is 2.26. The molecule has 0 spiro atoms. The second-order valence-electron chi connectivity index (χ2n) is 7.35. The van der Waals surface area contributed by atoms with E-state index in [9.17, 15) is 4.79 Å². The molecule has 1 saturated heterocycles. The molecule has 2 heterocycles. The van der Waals surface area contributed by atoms with E-state index >= 15 is 0 Å². The minimum atomic E-state index is -0.204. The molecular weight excluding hydrogens is 418 g/mol. The van der Waals surface area contributed by atoms with E-state index in [-0.39, 0.29) is 5.91 Å². The van der Waals surface area contributed by atoms with Crippen molar-refractivity contribution >= 4 is 32.8 Å². The fraction of sp³-hybridized carbons (Fsp3) is 0.318. The van der Waals surface area contributed by atoms with Crippen LogP contribution in [-0.4, -0.2) is 48.9 Å².